The number of aryl methyl sites for hydroxylation is 1. The second-order valence-corrected chi connectivity index (χ2v) is 5.55. The number of phenols is 1. The number of benzene rings is 1. The summed E-state index contributed by atoms with van der Waals surface area (Å²) in [6, 6.07) is 5.01. The van der Waals surface area contributed by atoms with Crippen molar-refractivity contribution in [2.75, 3.05) is 13.1 Å². The van der Waals surface area contributed by atoms with Gasteiger partial charge in [0.05, 0.1) is 5.54 Å². The highest BCUT2D eigenvalue weighted by Crippen LogP contribution is 2.28. The van der Waals surface area contributed by atoms with Gasteiger partial charge in [0, 0.05) is 18.7 Å². The Labute approximate surface area is 107 Å². The third-order valence-electron chi connectivity index (χ3n) is 3.86. The molecule has 0 bridgehead atoms. The summed E-state index contributed by atoms with van der Waals surface area (Å²) in [6.07, 6.45) is 0. The number of amides is 1. The highest BCUT2D eigenvalue weighted by molar-refractivity contribution is 5.95. The van der Waals surface area contributed by atoms with Crippen molar-refractivity contribution in [3.8, 4) is 5.75 Å². The van der Waals surface area contributed by atoms with E-state index in [0.29, 0.717) is 24.6 Å². The van der Waals surface area contributed by atoms with Gasteiger partial charge in [-0.2, -0.15) is 0 Å². The number of phenolic OH excluding ortho intramolecular Hbond substituents is 1. The minimum absolute atomic E-state index is 0.0629. The van der Waals surface area contributed by atoms with E-state index in [0.717, 1.165) is 5.56 Å². The molecule has 1 fully saturated rings. The zero-order chi connectivity index (χ0) is 13.5. The van der Waals surface area contributed by atoms with E-state index in [2.05, 4.69) is 13.8 Å². The van der Waals surface area contributed by atoms with Gasteiger partial charge in [0.15, 0.2) is 0 Å². The minimum atomic E-state index is -0.262. The van der Waals surface area contributed by atoms with Crippen molar-refractivity contribution < 1.29 is 9.90 Å². The largest absolute Gasteiger partial charge is 0.508 e. The van der Waals surface area contributed by atoms with Gasteiger partial charge in [-0.1, -0.05) is 19.9 Å². The Balaban J connectivity index is 2.08. The van der Waals surface area contributed by atoms with Crippen molar-refractivity contribution in [3.05, 3.63) is 29.3 Å². The first-order valence-corrected chi connectivity index (χ1v) is 6.21. The van der Waals surface area contributed by atoms with Crippen LogP contribution in [-0.4, -0.2) is 34.5 Å². The van der Waals surface area contributed by atoms with E-state index in [9.17, 15) is 9.90 Å². The summed E-state index contributed by atoms with van der Waals surface area (Å²) in [4.78, 5) is 13.9. The Kier molecular flexibility index (Phi) is 3.07. The van der Waals surface area contributed by atoms with Gasteiger partial charge in [0.2, 0.25) is 0 Å². The van der Waals surface area contributed by atoms with Crippen molar-refractivity contribution in [2.45, 2.75) is 26.3 Å². The molecule has 2 rings (SSSR count). The molecule has 3 N–H and O–H groups in total. The van der Waals surface area contributed by atoms with Gasteiger partial charge in [-0.25, -0.2) is 0 Å². The number of likely N-dealkylation sites (tertiary alicyclic amines) is 1. The predicted molar refractivity (Wildman–Crippen MR) is 70.5 cm³/mol. The molecule has 0 radical (unpaired) electrons. The molecule has 1 amide bonds. The summed E-state index contributed by atoms with van der Waals surface area (Å²) in [5.74, 6) is 0.448. The Morgan fingerprint density at radius 3 is 2.56 bits per heavy atom. The maximum atomic E-state index is 12.2. The quantitative estimate of drug-likeness (QED) is 0.833. The van der Waals surface area contributed by atoms with Crippen molar-refractivity contribution in [1.82, 2.24) is 4.90 Å². The SMILES string of the molecule is Cc1ccc(C(=O)N2CC(N)(C(C)C)C2)cc1O. The summed E-state index contributed by atoms with van der Waals surface area (Å²) in [5, 5.41) is 9.62. The van der Waals surface area contributed by atoms with Crippen LogP contribution in [0.5, 0.6) is 5.75 Å². The molecular weight excluding hydrogens is 228 g/mol. The van der Waals surface area contributed by atoms with Gasteiger partial charge < -0.3 is 15.7 Å². The predicted octanol–water partition coefficient (Wildman–Crippen LogP) is 1.51. The first kappa shape index (κ1) is 12.9. The van der Waals surface area contributed by atoms with Gasteiger partial charge in [-0.15, -0.1) is 0 Å². The van der Waals surface area contributed by atoms with Crippen molar-refractivity contribution in [2.24, 2.45) is 11.7 Å². The molecule has 1 aromatic carbocycles. The van der Waals surface area contributed by atoms with Crippen LogP contribution in [0.2, 0.25) is 0 Å². The molecule has 98 valence electrons. The number of hydrogen-bond acceptors (Lipinski definition) is 3. The molecule has 4 nitrogen and oxygen atoms in total. The lowest BCUT2D eigenvalue weighted by Gasteiger charge is -2.50. The zero-order valence-corrected chi connectivity index (χ0v) is 11.1. The summed E-state index contributed by atoms with van der Waals surface area (Å²) in [6.45, 7) is 7.10. The smallest absolute Gasteiger partial charge is 0.254 e. The van der Waals surface area contributed by atoms with Crippen molar-refractivity contribution >= 4 is 5.91 Å². The average molecular weight is 248 g/mol. The van der Waals surface area contributed by atoms with E-state index >= 15 is 0 Å². The molecule has 0 aliphatic carbocycles. The molecular formula is C14H20N2O2. The second kappa shape index (κ2) is 4.28. The van der Waals surface area contributed by atoms with Crippen LogP contribution < -0.4 is 5.73 Å². The van der Waals surface area contributed by atoms with Crippen LogP contribution in [-0.2, 0) is 0 Å². The normalized spacial score (nSPS) is 17.7. The van der Waals surface area contributed by atoms with Crippen molar-refractivity contribution in [3.63, 3.8) is 0 Å². The fourth-order valence-corrected chi connectivity index (χ4v) is 2.10. The Morgan fingerprint density at radius 1 is 1.44 bits per heavy atom. The third kappa shape index (κ3) is 2.08. The number of rotatable bonds is 2. The molecule has 1 aliphatic rings. The standard InChI is InChI=1S/C14H20N2O2/c1-9(2)14(15)7-16(8-14)13(18)11-5-4-10(3)12(17)6-11/h4-6,9,17H,7-8,15H2,1-3H3. The van der Waals surface area contributed by atoms with Crippen LogP contribution in [0.3, 0.4) is 0 Å². The summed E-state index contributed by atoms with van der Waals surface area (Å²) < 4.78 is 0. The van der Waals surface area contributed by atoms with Gasteiger partial charge >= 0.3 is 0 Å². The number of nitrogens with zero attached hydrogens (tertiary/aromatic N) is 1. The third-order valence-corrected chi connectivity index (χ3v) is 3.86. The monoisotopic (exact) mass is 248 g/mol. The van der Waals surface area contributed by atoms with Gasteiger partial charge in [0.25, 0.3) is 5.91 Å². The molecule has 0 aromatic heterocycles. The molecule has 1 aromatic rings. The van der Waals surface area contributed by atoms with Gasteiger partial charge in [-0.3, -0.25) is 4.79 Å². The van der Waals surface area contributed by atoms with Crippen LogP contribution in [0.15, 0.2) is 18.2 Å². The van der Waals surface area contributed by atoms with E-state index in [1.165, 1.54) is 6.07 Å². The van der Waals surface area contributed by atoms with Crippen LogP contribution >= 0.6 is 0 Å². The van der Waals surface area contributed by atoms with E-state index < -0.39 is 0 Å². The molecule has 0 atom stereocenters. The van der Waals surface area contributed by atoms with Crippen LogP contribution in [0, 0.1) is 12.8 Å². The fraction of sp³-hybridized carbons (Fsp3) is 0.500. The number of nitrogens with two attached hydrogens (primary N) is 1. The highest BCUT2D eigenvalue weighted by Gasteiger charge is 2.44. The lowest BCUT2D eigenvalue weighted by molar-refractivity contribution is 0.0274. The average Bonchev–Trinajstić information content (AvgIpc) is 2.27. The molecule has 1 heterocycles. The Bertz CT molecular complexity index is 477. The van der Waals surface area contributed by atoms with Crippen LogP contribution in [0.1, 0.15) is 29.8 Å². The van der Waals surface area contributed by atoms with E-state index in [4.69, 9.17) is 5.73 Å². The zero-order valence-electron chi connectivity index (χ0n) is 11.1. The summed E-state index contributed by atoms with van der Waals surface area (Å²) in [5.41, 5.74) is 7.19. The van der Waals surface area contributed by atoms with Crippen LogP contribution in [0.4, 0.5) is 0 Å². The molecule has 18 heavy (non-hydrogen) atoms. The highest BCUT2D eigenvalue weighted by atomic mass is 16.3. The first-order valence-electron chi connectivity index (χ1n) is 6.21. The maximum absolute atomic E-state index is 12.2. The lowest BCUT2D eigenvalue weighted by atomic mass is 9.80. The van der Waals surface area contributed by atoms with E-state index in [-0.39, 0.29) is 17.2 Å². The lowest BCUT2D eigenvalue weighted by Crippen LogP contribution is -2.71. The summed E-state index contributed by atoms with van der Waals surface area (Å²) >= 11 is 0. The first-order chi connectivity index (χ1) is 8.33. The van der Waals surface area contributed by atoms with E-state index in [1.54, 1.807) is 24.0 Å². The molecule has 1 saturated heterocycles. The fourth-order valence-electron chi connectivity index (χ4n) is 2.10. The second-order valence-electron chi connectivity index (χ2n) is 5.55. The molecule has 4 heteroatoms. The van der Waals surface area contributed by atoms with Gasteiger partial charge in [-0.05, 0) is 30.5 Å². The number of carbonyl (C=O) groups excluding carboxylic acids is 1. The molecule has 0 saturated carbocycles. The molecule has 1 aliphatic heterocycles. The maximum Gasteiger partial charge on any atom is 0.254 e. The van der Waals surface area contributed by atoms with E-state index in [1.807, 2.05) is 0 Å². The number of aromatic hydroxyl groups is 1. The Hall–Kier alpha value is -1.55. The van der Waals surface area contributed by atoms with Crippen LogP contribution in [0.25, 0.3) is 0 Å². The number of hydrogen-bond donors (Lipinski definition) is 2. The van der Waals surface area contributed by atoms with Crippen molar-refractivity contribution in [1.29, 1.82) is 0 Å². The molecule has 0 spiro atoms. The Morgan fingerprint density at radius 2 is 2.06 bits per heavy atom. The topological polar surface area (TPSA) is 66.6 Å². The number of carbonyl (C=O) groups is 1. The molecule has 0 unspecified atom stereocenters. The summed E-state index contributed by atoms with van der Waals surface area (Å²) in [7, 11) is 0. The minimum Gasteiger partial charge on any atom is -0.508 e. The van der Waals surface area contributed by atoms with Gasteiger partial charge in [0.1, 0.15) is 5.75 Å².